The summed E-state index contributed by atoms with van der Waals surface area (Å²) >= 11 is 0. The lowest BCUT2D eigenvalue weighted by molar-refractivity contribution is 0.163. The van der Waals surface area contributed by atoms with E-state index in [4.69, 9.17) is 4.52 Å². The molecule has 18 heavy (non-hydrogen) atoms. The average Bonchev–Trinajstić information content (AvgIpc) is 2.85. The molecule has 0 bridgehead atoms. The first-order valence-electron chi connectivity index (χ1n) is 6.69. The van der Waals surface area contributed by atoms with Crippen molar-refractivity contribution in [2.75, 3.05) is 26.2 Å². The molecule has 3 rings (SSSR count). The van der Waals surface area contributed by atoms with Crippen LogP contribution in [0.4, 0.5) is 0 Å². The first-order chi connectivity index (χ1) is 8.90. The third kappa shape index (κ3) is 2.02. The van der Waals surface area contributed by atoms with Gasteiger partial charge < -0.3 is 9.84 Å². The average molecular weight is 245 g/mol. The molecule has 1 aliphatic rings. The van der Waals surface area contributed by atoms with E-state index in [9.17, 15) is 0 Å². The number of fused-ring (bicyclic) bond motifs is 1. The summed E-state index contributed by atoms with van der Waals surface area (Å²) in [6.07, 6.45) is 1.07. The molecule has 1 N–H and O–H groups in total. The van der Waals surface area contributed by atoms with Gasteiger partial charge in [-0.25, -0.2) is 0 Å². The van der Waals surface area contributed by atoms with Crippen LogP contribution in [0.25, 0.3) is 11.0 Å². The number of hydrogen-bond donors (Lipinski definition) is 1. The molecule has 0 saturated carbocycles. The van der Waals surface area contributed by atoms with E-state index < -0.39 is 0 Å². The van der Waals surface area contributed by atoms with Gasteiger partial charge in [-0.2, -0.15) is 0 Å². The van der Waals surface area contributed by atoms with Gasteiger partial charge in [-0.3, -0.25) is 4.90 Å². The van der Waals surface area contributed by atoms with Gasteiger partial charge in [0.1, 0.15) is 5.69 Å². The molecule has 4 heteroatoms. The highest BCUT2D eigenvalue weighted by Gasteiger charge is 2.25. The van der Waals surface area contributed by atoms with E-state index >= 15 is 0 Å². The van der Waals surface area contributed by atoms with E-state index in [2.05, 4.69) is 28.4 Å². The van der Waals surface area contributed by atoms with Crippen LogP contribution >= 0.6 is 0 Å². The minimum Gasteiger partial charge on any atom is -0.356 e. The van der Waals surface area contributed by atoms with Crippen LogP contribution < -0.4 is 5.32 Å². The second kappa shape index (κ2) is 5.08. The van der Waals surface area contributed by atoms with Crippen molar-refractivity contribution >= 4 is 11.0 Å². The van der Waals surface area contributed by atoms with Gasteiger partial charge in [-0.05, 0) is 18.6 Å². The SMILES string of the molecule is CCC(c1noc2ccccc12)N1CCNCC1. The predicted octanol–water partition coefficient (Wildman–Crippen LogP) is 2.18. The highest BCUT2D eigenvalue weighted by atomic mass is 16.5. The summed E-state index contributed by atoms with van der Waals surface area (Å²) in [5.74, 6) is 0. The van der Waals surface area contributed by atoms with E-state index in [0.717, 1.165) is 49.3 Å². The van der Waals surface area contributed by atoms with Gasteiger partial charge in [0.05, 0.1) is 6.04 Å². The fraction of sp³-hybridized carbons (Fsp3) is 0.500. The Morgan fingerprint density at radius 3 is 2.89 bits per heavy atom. The molecule has 1 aliphatic heterocycles. The Balaban J connectivity index is 1.95. The van der Waals surface area contributed by atoms with E-state index in [1.807, 2.05) is 18.2 Å². The van der Waals surface area contributed by atoms with Crippen LogP contribution in [0.15, 0.2) is 28.8 Å². The molecule has 1 atom stereocenters. The lowest BCUT2D eigenvalue weighted by Crippen LogP contribution is -2.45. The fourth-order valence-corrected chi connectivity index (χ4v) is 2.76. The van der Waals surface area contributed by atoms with E-state index in [1.165, 1.54) is 0 Å². The molecular weight excluding hydrogens is 226 g/mol. The smallest absolute Gasteiger partial charge is 0.167 e. The molecule has 2 heterocycles. The molecule has 96 valence electrons. The fourth-order valence-electron chi connectivity index (χ4n) is 2.76. The minimum absolute atomic E-state index is 0.371. The molecule has 1 fully saturated rings. The number of hydrogen-bond acceptors (Lipinski definition) is 4. The molecule has 0 aliphatic carbocycles. The Morgan fingerprint density at radius 1 is 1.33 bits per heavy atom. The summed E-state index contributed by atoms with van der Waals surface area (Å²) in [5.41, 5.74) is 1.98. The zero-order valence-electron chi connectivity index (χ0n) is 10.7. The molecule has 4 nitrogen and oxygen atoms in total. The van der Waals surface area contributed by atoms with Crippen LogP contribution in [0.1, 0.15) is 25.1 Å². The van der Waals surface area contributed by atoms with Gasteiger partial charge in [0.15, 0.2) is 5.58 Å². The Labute approximate surface area is 107 Å². The summed E-state index contributed by atoms with van der Waals surface area (Å²) in [5, 5.41) is 8.85. The van der Waals surface area contributed by atoms with Gasteiger partial charge in [-0.15, -0.1) is 0 Å². The molecule has 1 unspecified atom stereocenters. The number of nitrogens with zero attached hydrogens (tertiary/aromatic N) is 2. The van der Waals surface area contributed by atoms with Crippen molar-refractivity contribution in [1.82, 2.24) is 15.4 Å². The molecule has 1 aromatic carbocycles. The molecule has 1 aromatic heterocycles. The van der Waals surface area contributed by atoms with E-state index in [0.29, 0.717) is 6.04 Å². The zero-order chi connectivity index (χ0) is 12.4. The predicted molar refractivity (Wildman–Crippen MR) is 71.5 cm³/mol. The maximum atomic E-state index is 5.43. The molecular formula is C14H19N3O. The van der Waals surface area contributed by atoms with E-state index in [1.54, 1.807) is 0 Å². The minimum atomic E-state index is 0.371. The number of rotatable bonds is 3. The van der Waals surface area contributed by atoms with Crippen molar-refractivity contribution in [1.29, 1.82) is 0 Å². The summed E-state index contributed by atoms with van der Waals surface area (Å²) in [6, 6.07) is 8.49. The van der Waals surface area contributed by atoms with Gasteiger partial charge in [0.25, 0.3) is 0 Å². The van der Waals surface area contributed by atoms with Crippen molar-refractivity contribution in [2.45, 2.75) is 19.4 Å². The number of para-hydroxylation sites is 1. The number of aromatic nitrogens is 1. The summed E-state index contributed by atoms with van der Waals surface area (Å²) < 4.78 is 5.43. The normalized spacial score (nSPS) is 19.2. The highest BCUT2D eigenvalue weighted by Crippen LogP contribution is 2.29. The number of benzene rings is 1. The lowest BCUT2D eigenvalue weighted by atomic mass is 10.0. The Hall–Kier alpha value is -1.39. The van der Waals surface area contributed by atoms with Crippen molar-refractivity contribution < 1.29 is 4.52 Å². The third-order valence-electron chi connectivity index (χ3n) is 3.70. The monoisotopic (exact) mass is 245 g/mol. The maximum Gasteiger partial charge on any atom is 0.167 e. The van der Waals surface area contributed by atoms with E-state index in [-0.39, 0.29) is 0 Å². The van der Waals surface area contributed by atoms with Crippen LogP contribution in [-0.4, -0.2) is 36.2 Å². The molecule has 0 spiro atoms. The zero-order valence-corrected chi connectivity index (χ0v) is 10.7. The van der Waals surface area contributed by atoms with Gasteiger partial charge in [0.2, 0.25) is 0 Å². The number of nitrogens with one attached hydrogen (secondary N) is 1. The first kappa shape index (κ1) is 11.7. The van der Waals surface area contributed by atoms with Crippen LogP contribution in [0, 0.1) is 0 Å². The Bertz CT molecular complexity index is 516. The molecule has 2 aromatic rings. The third-order valence-corrected chi connectivity index (χ3v) is 3.70. The summed E-state index contributed by atoms with van der Waals surface area (Å²) in [7, 11) is 0. The Morgan fingerprint density at radius 2 is 2.11 bits per heavy atom. The van der Waals surface area contributed by atoms with Crippen molar-refractivity contribution in [3.05, 3.63) is 30.0 Å². The highest BCUT2D eigenvalue weighted by molar-refractivity contribution is 5.79. The standard InChI is InChI=1S/C14H19N3O/c1-2-12(17-9-7-15-8-10-17)14-11-5-3-4-6-13(11)18-16-14/h3-6,12,15H,2,7-10H2,1H3. The summed E-state index contributed by atoms with van der Waals surface area (Å²) in [6.45, 7) is 6.51. The quantitative estimate of drug-likeness (QED) is 0.900. The molecule has 0 amide bonds. The van der Waals surface area contributed by atoms with Crippen molar-refractivity contribution in [3.8, 4) is 0 Å². The first-order valence-corrected chi connectivity index (χ1v) is 6.69. The van der Waals surface area contributed by atoms with Crippen LogP contribution in [0.5, 0.6) is 0 Å². The van der Waals surface area contributed by atoms with Crippen LogP contribution in [0.3, 0.4) is 0 Å². The molecule has 0 radical (unpaired) electrons. The van der Waals surface area contributed by atoms with Crippen LogP contribution in [-0.2, 0) is 0 Å². The maximum absolute atomic E-state index is 5.43. The lowest BCUT2D eigenvalue weighted by Gasteiger charge is -2.33. The largest absolute Gasteiger partial charge is 0.356 e. The van der Waals surface area contributed by atoms with Crippen LogP contribution in [0.2, 0.25) is 0 Å². The second-order valence-electron chi connectivity index (χ2n) is 4.77. The summed E-state index contributed by atoms with van der Waals surface area (Å²) in [4.78, 5) is 2.50. The van der Waals surface area contributed by atoms with Crippen molar-refractivity contribution in [2.24, 2.45) is 0 Å². The van der Waals surface area contributed by atoms with Gasteiger partial charge in [0, 0.05) is 31.6 Å². The second-order valence-corrected chi connectivity index (χ2v) is 4.77. The van der Waals surface area contributed by atoms with Gasteiger partial charge >= 0.3 is 0 Å². The topological polar surface area (TPSA) is 41.3 Å². The number of piperazine rings is 1. The van der Waals surface area contributed by atoms with Crippen molar-refractivity contribution in [3.63, 3.8) is 0 Å². The Kier molecular flexibility index (Phi) is 3.30. The molecule has 1 saturated heterocycles. The van der Waals surface area contributed by atoms with Gasteiger partial charge in [-0.1, -0.05) is 24.2 Å².